The van der Waals surface area contributed by atoms with Crippen LogP contribution in [0.3, 0.4) is 0 Å². The molecule has 1 heterocycles. The monoisotopic (exact) mass is 275 g/mol. The van der Waals surface area contributed by atoms with Crippen molar-refractivity contribution in [2.24, 2.45) is 0 Å². The van der Waals surface area contributed by atoms with E-state index in [1.165, 1.54) is 12.1 Å². The average Bonchev–Trinajstić information content (AvgIpc) is 2.68. The highest BCUT2D eigenvalue weighted by Crippen LogP contribution is 2.22. The molecule has 0 saturated heterocycles. The van der Waals surface area contributed by atoms with E-state index >= 15 is 0 Å². The zero-order valence-corrected chi connectivity index (χ0v) is 11.0. The Hall–Kier alpha value is -1.97. The molecule has 20 heavy (non-hydrogen) atoms. The van der Waals surface area contributed by atoms with E-state index in [0.717, 1.165) is 36.5 Å². The van der Waals surface area contributed by atoms with E-state index in [1.54, 1.807) is 6.20 Å². The first-order valence-electron chi connectivity index (χ1n) is 6.78. The van der Waals surface area contributed by atoms with Crippen molar-refractivity contribution in [1.82, 2.24) is 4.57 Å². The summed E-state index contributed by atoms with van der Waals surface area (Å²) in [5.74, 6) is -0.990. The van der Waals surface area contributed by atoms with Crippen LogP contribution >= 0.6 is 0 Å². The third kappa shape index (κ3) is 2.64. The second-order valence-corrected chi connectivity index (χ2v) is 5.28. The maximum atomic E-state index is 13.2. The largest absolute Gasteiger partial charge is 0.349 e. The molecule has 2 aromatic rings. The number of carbonyl (C=O) groups is 1. The second-order valence-electron chi connectivity index (χ2n) is 5.28. The fourth-order valence-corrected chi connectivity index (χ4v) is 2.75. The molecule has 0 radical (unpaired) electrons. The lowest BCUT2D eigenvalue weighted by atomic mass is 10.1. The van der Waals surface area contributed by atoms with Crippen molar-refractivity contribution in [1.29, 1.82) is 0 Å². The minimum atomic E-state index is -0.579. The number of ketones is 1. The Kier molecular flexibility index (Phi) is 3.38. The van der Waals surface area contributed by atoms with Crippen LogP contribution in [0.4, 0.5) is 8.78 Å². The van der Waals surface area contributed by atoms with Gasteiger partial charge in [-0.2, -0.15) is 0 Å². The van der Waals surface area contributed by atoms with Crippen LogP contribution in [-0.2, 0) is 13.0 Å². The quantitative estimate of drug-likeness (QED) is 0.766. The van der Waals surface area contributed by atoms with Gasteiger partial charge in [0.25, 0.3) is 0 Å². The molecule has 0 unspecified atom stereocenters. The van der Waals surface area contributed by atoms with Gasteiger partial charge in [0.05, 0.1) is 0 Å². The fraction of sp³-hybridized carbons (Fsp3) is 0.312. The van der Waals surface area contributed by atoms with E-state index in [9.17, 15) is 13.6 Å². The number of benzene rings is 1. The summed E-state index contributed by atoms with van der Waals surface area (Å²) in [6, 6.07) is 3.49. The van der Waals surface area contributed by atoms with E-state index in [4.69, 9.17) is 0 Å². The van der Waals surface area contributed by atoms with Crippen LogP contribution in [0.1, 0.15) is 40.7 Å². The van der Waals surface area contributed by atoms with Gasteiger partial charge in [-0.1, -0.05) is 0 Å². The van der Waals surface area contributed by atoms with Gasteiger partial charge in [0.15, 0.2) is 5.78 Å². The number of nitrogens with zero attached hydrogens (tertiary/aromatic N) is 1. The van der Waals surface area contributed by atoms with E-state index in [0.29, 0.717) is 18.5 Å². The van der Waals surface area contributed by atoms with Crippen LogP contribution in [0.5, 0.6) is 0 Å². The van der Waals surface area contributed by atoms with Gasteiger partial charge in [0.1, 0.15) is 11.6 Å². The highest BCUT2D eigenvalue weighted by molar-refractivity contribution is 5.97. The zero-order valence-electron chi connectivity index (χ0n) is 11.0. The van der Waals surface area contributed by atoms with Gasteiger partial charge in [-0.3, -0.25) is 4.79 Å². The molecule has 0 bridgehead atoms. The SMILES string of the molecule is O=C1CCCCc2cn(Cc3cc(F)cc(F)c3)cc21. The maximum Gasteiger partial charge on any atom is 0.164 e. The molecule has 0 fully saturated rings. The summed E-state index contributed by atoms with van der Waals surface area (Å²) >= 11 is 0. The lowest BCUT2D eigenvalue weighted by Gasteiger charge is -2.04. The third-order valence-electron chi connectivity index (χ3n) is 3.65. The Morgan fingerprint density at radius 1 is 1.00 bits per heavy atom. The van der Waals surface area contributed by atoms with Crippen LogP contribution in [0, 0.1) is 11.6 Å². The smallest absolute Gasteiger partial charge is 0.164 e. The Bertz CT molecular complexity index is 640. The first-order chi connectivity index (χ1) is 9.61. The number of fused-ring (bicyclic) bond motifs is 1. The van der Waals surface area contributed by atoms with Gasteiger partial charge in [0, 0.05) is 37.0 Å². The topological polar surface area (TPSA) is 22.0 Å². The Morgan fingerprint density at radius 2 is 1.70 bits per heavy atom. The van der Waals surface area contributed by atoms with Gasteiger partial charge < -0.3 is 4.57 Å². The van der Waals surface area contributed by atoms with E-state index < -0.39 is 11.6 Å². The Balaban J connectivity index is 1.88. The number of halogens is 2. The third-order valence-corrected chi connectivity index (χ3v) is 3.65. The molecule has 1 aromatic carbocycles. The molecule has 0 amide bonds. The van der Waals surface area contributed by atoms with Crippen LogP contribution in [-0.4, -0.2) is 10.4 Å². The van der Waals surface area contributed by atoms with Crippen molar-refractivity contribution >= 4 is 5.78 Å². The van der Waals surface area contributed by atoms with Crippen molar-refractivity contribution in [2.45, 2.75) is 32.2 Å². The van der Waals surface area contributed by atoms with Crippen molar-refractivity contribution in [3.8, 4) is 0 Å². The molecular weight excluding hydrogens is 260 g/mol. The van der Waals surface area contributed by atoms with Crippen LogP contribution in [0.2, 0.25) is 0 Å². The maximum absolute atomic E-state index is 13.2. The molecule has 0 N–H and O–H groups in total. The number of rotatable bonds is 2. The summed E-state index contributed by atoms with van der Waals surface area (Å²) in [7, 11) is 0. The lowest BCUT2D eigenvalue weighted by Crippen LogP contribution is -2.00. The summed E-state index contributed by atoms with van der Waals surface area (Å²) in [6.45, 7) is 0.370. The highest BCUT2D eigenvalue weighted by Gasteiger charge is 2.17. The van der Waals surface area contributed by atoms with Crippen LogP contribution in [0.15, 0.2) is 30.6 Å². The normalized spacial score (nSPS) is 15.0. The molecule has 1 aliphatic rings. The van der Waals surface area contributed by atoms with E-state index in [1.807, 2.05) is 10.8 Å². The van der Waals surface area contributed by atoms with Gasteiger partial charge in [-0.05, 0) is 42.5 Å². The molecule has 0 spiro atoms. The summed E-state index contributed by atoms with van der Waals surface area (Å²) in [5, 5.41) is 0. The number of Topliss-reactive ketones (excluding diaryl/α,β-unsaturated/α-hetero) is 1. The lowest BCUT2D eigenvalue weighted by molar-refractivity contribution is 0.0982. The molecule has 0 saturated carbocycles. The minimum absolute atomic E-state index is 0.168. The molecule has 104 valence electrons. The molecular formula is C16H15F2NO. The second kappa shape index (κ2) is 5.19. The van der Waals surface area contributed by atoms with E-state index in [2.05, 4.69) is 0 Å². The minimum Gasteiger partial charge on any atom is -0.349 e. The fourth-order valence-electron chi connectivity index (χ4n) is 2.75. The van der Waals surface area contributed by atoms with Crippen LogP contribution < -0.4 is 0 Å². The molecule has 0 atom stereocenters. The van der Waals surface area contributed by atoms with Crippen molar-refractivity contribution in [2.75, 3.05) is 0 Å². The van der Waals surface area contributed by atoms with Gasteiger partial charge >= 0.3 is 0 Å². The summed E-state index contributed by atoms with van der Waals surface area (Å²) < 4.78 is 28.2. The number of aryl methyl sites for hydroxylation is 1. The summed E-state index contributed by atoms with van der Waals surface area (Å²) in [6.07, 6.45) is 7.14. The Labute approximate surface area is 116 Å². The predicted molar refractivity (Wildman–Crippen MR) is 71.8 cm³/mol. The number of hydrogen-bond donors (Lipinski definition) is 0. The van der Waals surface area contributed by atoms with Gasteiger partial charge in [-0.25, -0.2) is 8.78 Å². The molecule has 0 aliphatic heterocycles. The molecule has 2 nitrogen and oxygen atoms in total. The summed E-state index contributed by atoms with van der Waals surface area (Å²) in [4.78, 5) is 11.9. The zero-order chi connectivity index (χ0) is 14.1. The van der Waals surface area contributed by atoms with Gasteiger partial charge in [-0.15, -0.1) is 0 Å². The predicted octanol–water partition coefficient (Wildman–Crippen LogP) is 3.72. The van der Waals surface area contributed by atoms with Crippen molar-refractivity contribution < 1.29 is 13.6 Å². The first-order valence-corrected chi connectivity index (χ1v) is 6.78. The summed E-state index contributed by atoms with van der Waals surface area (Å²) in [5.41, 5.74) is 2.36. The van der Waals surface area contributed by atoms with Gasteiger partial charge in [0.2, 0.25) is 0 Å². The number of hydrogen-bond acceptors (Lipinski definition) is 1. The molecule has 1 aliphatic carbocycles. The first kappa shape index (κ1) is 13.0. The van der Waals surface area contributed by atoms with Crippen molar-refractivity contribution in [3.63, 3.8) is 0 Å². The molecule has 1 aromatic heterocycles. The van der Waals surface area contributed by atoms with Crippen molar-refractivity contribution in [3.05, 3.63) is 58.9 Å². The molecule has 3 rings (SSSR count). The number of aromatic nitrogens is 1. The van der Waals surface area contributed by atoms with E-state index in [-0.39, 0.29) is 5.78 Å². The Morgan fingerprint density at radius 3 is 2.45 bits per heavy atom. The van der Waals surface area contributed by atoms with Crippen LogP contribution in [0.25, 0.3) is 0 Å². The number of carbonyl (C=O) groups excluding carboxylic acids is 1. The molecule has 4 heteroatoms. The standard InChI is InChI=1S/C16H15F2NO/c17-13-5-11(6-14(18)7-13)8-19-9-12-3-1-2-4-16(20)15(12)10-19/h5-7,9-10H,1-4,8H2. The highest BCUT2D eigenvalue weighted by atomic mass is 19.1. The average molecular weight is 275 g/mol.